The van der Waals surface area contributed by atoms with Gasteiger partial charge in [-0.1, -0.05) is 53.3 Å². The van der Waals surface area contributed by atoms with Gasteiger partial charge in [0.25, 0.3) is 11.5 Å². The molecular formula is C26H27N5O3S. The fraction of sp³-hybridized carbons (Fsp3) is 0.308. The maximum atomic E-state index is 12.8. The summed E-state index contributed by atoms with van der Waals surface area (Å²) in [6.45, 7) is 7.02. The van der Waals surface area contributed by atoms with E-state index >= 15 is 0 Å². The molecule has 1 unspecified atom stereocenters. The molecule has 4 aromatic rings. The average molecular weight is 490 g/mol. The van der Waals surface area contributed by atoms with E-state index in [0.29, 0.717) is 43.4 Å². The first-order valence-corrected chi connectivity index (χ1v) is 12.5. The number of carbonyl (C=O) groups excluding carboxylic acids is 1. The van der Waals surface area contributed by atoms with Crippen LogP contribution >= 0.6 is 11.3 Å². The topological polar surface area (TPSA) is 80.0 Å². The molecule has 8 nitrogen and oxygen atoms in total. The third-order valence-electron chi connectivity index (χ3n) is 6.04. The molecule has 0 spiro atoms. The van der Waals surface area contributed by atoms with Gasteiger partial charge in [0.1, 0.15) is 10.8 Å². The van der Waals surface area contributed by atoms with Crippen LogP contribution < -0.4 is 10.3 Å². The number of ether oxygens (including phenoxy) is 1. The molecule has 0 N–H and O–H groups in total. The average Bonchev–Trinajstić information content (AvgIpc) is 3.30. The molecule has 3 heterocycles. The minimum Gasteiger partial charge on any atom is -0.481 e. The van der Waals surface area contributed by atoms with Gasteiger partial charge in [0.2, 0.25) is 4.96 Å². The third kappa shape index (κ3) is 5.26. The monoisotopic (exact) mass is 489 g/mol. The van der Waals surface area contributed by atoms with E-state index in [9.17, 15) is 9.59 Å². The Morgan fingerprint density at radius 2 is 1.83 bits per heavy atom. The van der Waals surface area contributed by atoms with E-state index in [4.69, 9.17) is 9.72 Å². The number of carbonyl (C=O) groups is 1. The molecule has 35 heavy (non-hydrogen) atoms. The number of fused-ring (bicyclic) bond motifs is 1. The van der Waals surface area contributed by atoms with Gasteiger partial charge >= 0.3 is 0 Å². The predicted octanol–water partition coefficient (Wildman–Crippen LogP) is 3.24. The van der Waals surface area contributed by atoms with Gasteiger partial charge in [-0.15, -0.1) is 0 Å². The van der Waals surface area contributed by atoms with Gasteiger partial charge in [-0.3, -0.25) is 14.5 Å². The molecule has 2 aromatic heterocycles. The molecule has 1 atom stereocenters. The summed E-state index contributed by atoms with van der Waals surface area (Å²) in [4.78, 5) is 34.9. The second-order valence-corrected chi connectivity index (χ2v) is 9.69. The smallest absolute Gasteiger partial charge is 0.275 e. The summed E-state index contributed by atoms with van der Waals surface area (Å²) in [5, 5.41) is 5.25. The first kappa shape index (κ1) is 23.2. The lowest BCUT2D eigenvalue weighted by Gasteiger charge is -2.35. The second kappa shape index (κ2) is 9.97. The molecule has 0 bridgehead atoms. The van der Waals surface area contributed by atoms with Gasteiger partial charge in [0.15, 0.2) is 6.10 Å². The van der Waals surface area contributed by atoms with Crippen molar-refractivity contribution in [1.82, 2.24) is 24.4 Å². The van der Waals surface area contributed by atoms with Gasteiger partial charge < -0.3 is 9.64 Å². The van der Waals surface area contributed by atoms with Crippen molar-refractivity contribution in [2.24, 2.45) is 0 Å². The Balaban J connectivity index is 1.22. The summed E-state index contributed by atoms with van der Waals surface area (Å²) in [5.74, 6) is 0.674. The molecule has 180 valence electrons. The molecule has 0 saturated carbocycles. The van der Waals surface area contributed by atoms with Crippen molar-refractivity contribution in [3.8, 4) is 16.3 Å². The Bertz CT molecular complexity index is 1390. The van der Waals surface area contributed by atoms with Crippen molar-refractivity contribution in [2.75, 3.05) is 26.2 Å². The molecule has 5 rings (SSSR count). The highest BCUT2D eigenvalue weighted by atomic mass is 32.1. The molecule has 0 aliphatic carbocycles. The molecule has 0 radical (unpaired) electrons. The van der Waals surface area contributed by atoms with E-state index in [-0.39, 0.29) is 11.5 Å². The summed E-state index contributed by atoms with van der Waals surface area (Å²) < 4.78 is 7.16. The Kier molecular flexibility index (Phi) is 6.61. The lowest BCUT2D eigenvalue weighted by Crippen LogP contribution is -2.51. The number of para-hydroxylation sites is 1. The lowest BCUT2D eigenvalue weighted by atomic mass is 10.1. The van der Waals surface area contributed by atoms with Crippen molar-refractivity contribution in [3.63, 3.8) is 0 Å². The summed E-state index contributed by atoms with van der Waals surface area (Å²) >= 11 is 1.41. The molecule has 1 amide bonds. The number of rotatable bonds is 6. The SMILES string of the molecule is Cc1cccc(-c2nn3c(=O)cc(CN4CCN(C(=O)C(C)Oc5ccccc5)CC4)nc3s2)c1. The quantitative estimate of drug-likeness (QED) is 0.414. The van der Waals surface area contributed by atoms with Crippen LogP contribution in [0.5, 0.6) is 5.75 Å². The Labute approximate surface area is 207 Å². The van der Waals surface area contributed by atoms with Crippen LogP contribution in [0, 0.1) is 6.92 Å². The van der Waals surface area contributed by atoms with Crippen molar-refractivity contribution in [3.05, 3.63) is 82.3 Å². The highest BCUT2D eigenvalue weighted by Crippen LogP contribution is 2.25. The zero-order valence-electron chi connectivity index (χ0n) is 19.8. The molecule has 1 aliphatic heterocycles. The molecule has 2 aromatic carbocycles. The molecule has 1 saturated heterocycles. The van der Waals surface area contributed by atoms with Crippen molar-refractivity contribution >= 4 is 22.2 Å². The summed E-state index contributed by atoms with van der Waals surface area (Å²) in [7, 11) is 0. The Morgan fingerprint density at radius 1 is 1.06 bits per heavy atom. The molecule has 1 aliphatic rings. The van der Waals surface area contributed by atoms with E-state index in [1.807, 2.05) is 60.4 Å². The Morgan fingerprint density at radius 3 is 2.57 bits per heavy atom. The fourth-order valence-electron chi connectivity index (χ4n) is 4.20. The zero-order valence-corrected chi connectivity index (χ0v) is 20.6. The van der Waals surface area contributed by atoms with E-state index < -0.39 is 6.10 Å². The van der Waals surface area contributed by atoms with Gasteiger partial charge in [-0.2, -0.15) is 9.61 Å². The standard InChI is InChI=1S/C26H27N5O3S/c1-18-7-6-8-20(15-18)24-28-31-23(32)16-21(27-26(31)35-24)17-29-11-13-30(14-12-29)25(33)19(2)34-22-9-4-3-5-10-22/h3-10,15-16,19H,11-14,17H2,1-2H3. The van der Waals surface area contributed by atoms with Gasteiger partial charge in [0, 0.05) is 44.4 Å². The first-order valence-electron chi connectivity index (χ1n) is 11.7. The number of aryl methyl sites for hydroxylation is 1. The van der Waals surface area contributed by atoms with E-state index in [0.717, 1.165) is 21.8 Å². The summed E-state index contributed by atoms with van der Waals surface area (Å²) in [5.41, 5.74) is 2.66. The second-order valence-electron chi connectivity index (χ2n) is 8.73. The van der Waals surface area contributed by atoms with E-state index in [1.54, 1.807) is 13.0 Å². The minimum atomic E-state index is -0.540. The third-order valence-corrected chi connectivity index (χ3v) is 6.99. The maximum Gasteiger partial charge on any atom is 0.275 e. The Hall–Kier alpha value is -3.56. The van der Waals surface area contributed by atoms with E-state index in [2.05, 4.69) is 16.1 Å². The highest BCUT2D eigenvalue weighted by Gasteiger charge is 2.26. The van der Waals surface area contributed by atoms with Crippen LogP contribution in [0.2, 0.25) is 0 Å². The van der Waals surface area contributed by atoms with Crippen LogP contribution in [0.1, 0.15) is 18.2 Å². The lowest BCUT2D eigenvalue weighted by molar-refractivity contribution is -0.139. The van der Waals surface area contributed by atoms with Crippen LogP contribution in [0.3, 0.4) is 0 Å². The minimum absolute atomic E-state index is 0.0142. The van der Waals surface area contributed by atoms with Gasteiger partial charge in [-0.25, -0.2) is 4.98 Å². The fourth-order valence-corrected chi connectivity index (χ4v) is 5.12. The van der Waals surface area contributed by atoms with Gasteiger partial charge in [0.05, 0.1) is 5.69 Å². The van der Waals surface area contributed by atoms with Crippen molar-refractivity contribution in [1.29, 1.82) is 0 Å². The van der Waals surface area contributed by atoms with E-state index in [1.165, 1.54) is 15.9 Å². The number of aromatic nitrogens is 3. The molecule has 1 fully saturated rings. The zero-order chi connectivity index (χ0) is 24.4. The number of amides is 1. The normalized spacial score (nSPS) is 15.3. The van der Waals surface area contributed by atoms with Gasteiger partial charge in [-0.05, 0) is 32.0 Å². The van der Waals surface area contributed by atoms with Crippen LogP contribution in [-0.2, 0) is 11.3 Å². The van der Waals surface area contributed by atoms with Crippen LogP contribution in [0.4, 0.5) is 0 Å². The first-order chi connectivity index (χ1) is 17.0. The predicted molar refractivity (Wildman–Crippen MR) is 136 cm³/mol. The molecule has 9 heteroatoms. The maximum absolute atomic E-state index is 12.8. The van der Waals surface area contributed by atoms with Crippen LogP contribution in [0.15, 0.2) is 65.5 Å². The largest absolute Gasteiger partial charge is 0.481 e. The van der Waals surface area contributed by atoms with Crippen LogP contribution in [-0.4, -0.2) is 62.6 Å². The number of nitrogens with zero attached hydrogens (tertiary/aromatic N) is 5. The summed E-state index contributed by atoms with van der Waals surface area (Å²) in [6.07, 6.45) is -0.540. The summed E-state index contributed by atoms with van der Waals surface area (Å²) in [6, 6.07) is 19.0. The van der Waals surface area contributed by atoms with Crippen molar-refractivity contribution in [2.45, 2.75) is 26.5 Å². The number of hydrogen-bond acceptors (Lipinski definition) is 7. The number of hydrogen-bond donors (Lipinski definition) is 0. The van der Waals surface area contributed by atoms with Crippen LogP contribution in [0.25, 0.3) is 15.5 Å². The molecular weight excluding hydrogens is 462 g/mol. The van der Waals surface area contributed by atoms with Crippen molar-refractivity contribution < 1.29 is 9.53 Å². The highest BCUT2D eigenvalue weighted by molar-refractivity contribution is 7.19. The number of piperazine rings is 1. The number of benzene rings is 2.